The number of methoxy groups -OCH3 is 1. The van der Waals surface area contributed by atoms with E-state index in [0.717, 1.165) is 59.4 Å². The molecule has 1 fully saturated rings. The van der Waals surface area contributed by atoms with E-state index in [1.807, 2.05) is 47.8 Å². The number of hydrogen-bond donors (Lipinski definition) is 2. The monoisotopic (exact) mass is 737 g/mol. The summed E-state index contributed by atoms with van der Waals surface area (Å²) in [7, 11) is 5.36. The highest BCUT2D eigenvalue weighted by molar-refractivity contribution is 7.99. The van der Waals surface area contributed by atoms with Gasteiger partial charge in [0, 0.05) is 61.7 Å². The number of aromatic nitrogens is 2. The number of hydrogen-bond acceptors (Lipinski definition) is 7. The van der Waals surface area contributed by atoms with Crippen LogP contribution in [0.3, 0.4) is 0 Å². The molecule has 0 saturated carbocycles. The molecule has 3 aliphatic rings. The van der Waals surface area contributed by atoms with Crippen LogP contribution in [0.4, 0.5) is 10.1 Å². The van der Waals surface area contributed by atoms with E-state index in [1.54, 1.807) is 12.1 Å². The summed E-state index contributed by atoms with van der Waals surface area (Å²) in [6.07, 6.45) is 2.93. The van der Waals surface area contributed by atoms with Crippen LogP contribution >= 0.6 is 35.0 Å². The van der Waals surface area contributed by atoms with E-state index in [0.29, 0.717) is 64.6 Å². The smallest absolute Gasteiger partial charge is 0.307 e. The Morgan fingerprint density at radius 1 is 1.10 bits per heavy atom. The van der Waals surface area contributed by atoms with Gasteiger partial charge in [-0.25, -0.2) is 9.37 Å². The highest BCUT2D eigenvalue weighted by Crippen LogP contribution is 2.51. The number of anilines is 1. The number of nitrogens with one attached hydrogen (secondary N) is 1. The zero-order valence-electron chi connectivity index (χ0n) is 28.1. The number of aliphatic carboxylic acids is 1. The number of carbonyl (C=O) groups is 2. The molecule has 0 bridgehead atoms. The number of halogens is 3. The maximum absolute atomic E-state index is 16.1. The van der Waals surface area contributed by atoms with Gasteiger partial charge in [-0.05, 0) is 61.7 Å². The van der Waals surface area contributed by atoms with E-state index >= 15 is 4.39 Å². The number of amides is 1. The van der Waals surface area contributed by atoms with Crippen molar-refractivity contribution >= 4 is 52.5 Å². The van der Waals surface area contributed by atoms with E-state index in [1.165, 1.54) is 18.9 Å². The lowest BCUT2D eigenvalue weighted by Gasteiger charge is -2.21. The fourth-order valence-electron chi connectivity index (χ4n) is 7.51. The molecule has 2 unspecified atom stereocenters. The van der Waals surface area contributed by atoms with Crippen molar-refractivity contribution in [1.82, 2.24) is 19.4 Å². The number of carboxylic acids is 1. The fourth-order valence-corrected chi connectivity index (χ4v) is 9.37. The van der Waals surface area contributed by atoms with Gasteiger partial charge in [0.1, 0.15) is 0 Å². The molecule has 1 saturated heterocycles. The van der Waals surface area contributed by atoms with Gasteiger partial charge in [0.15, 0.2) is 17.4 Å². The van der Waals surface area contributed by atoms with Crippen molar-refractivity contribution < 1.29 is 23.8 Å². The van der Waals surface area contributed by atoms with E-state index in [4.69, 9.17) is 27.9 Å². The standard InChI is InChI=1S/C37H38Cl2FN5O4S/c1-43-14-13-29-28(19-43)41-35(44(29)2)36(46)42-27-9-5-8-25(31(27)39)22-6-4-7-24-23(22)10-11-30(24)50-34-26(38)16-21(33(49-3)32(34)40)18-45-15-12-20(17-45)37(47)48/h4-9,16,20,30H,10-15,17-19H2,1-3H3,(H,42,46)(H,47,48). The van der Waals surface area contributed by atoms with Gasteiger partial charge in [0.05, 0.1) is 39.3 Å². The molecule has 13 heteroatoms. The zero-order valence-corrected chi connectivity index (χ0v) is 30.4. The first kappa shape index (κ1) is 34.8. The Kier molecular flexibility index (Phi) is 9.88. The maximum Gasteiger partial charge on any atom is 0.307 e. The van der Waals surface area contributed by atoms with Crippen molar-refractivity contribution in [2.24, 2.45) is 13.0 Å². The number of imidazole rings is 1. The highest BCUT2D eigenvalue weighted by atomic mass is 35.5. The number of benzene rings is 3. The summed E-state index contributed by atoms with van der Waals surface area (Å²) < 4.78 is 23.5. The van der Waals surface area contributed by atoms with Gasteiger partial charge >= 0.3 is 5.97 Å². The van der Waals surface area contributed by atoms with E-state index in [-0.39, 0.29) is 16.9 Å². The van der Waals surface area contributed by atoms with Crippen molar-refractivity contribution in [2.45, 2.75) is 48.9 Å². The Hall–Kier alpha value is -3.61. The van der Waals surface area contributed by atoms with Crippen LogP contribution in [0, 0.1) is 11.7 Å². The van der Waals surface area contributed by atoms with Gasteiger partial charge in [-0.3, -0.25) is 14.5 Å². The number of likely N-dealkylation sites (N-methyl/N-ethyl adjacent to an activating group) is 1. The second-order valence-corrected chi connectivity index (χ2v) is 15.3. The van der Waals surface area contributed by atoms with Gasteiger partial charge in [-0.1, -0.05) is 53.5 Å². The van der Waals surface area contributed by atoms with Crippen molar-refractivity contribution in [3.05, 3.63) is 92.2 Å². The van der Waals surface area contributed by atoms with Crippen LogP contribution in [0.5, 0.6) is 5.75 Å². The van der Waals surface area contributed by atoms with Gasteiger partial charge < -0.3 is 24.6 Å². The van der Waals surface area contributed by atoms with Crippen LogP contribution < -0.4 is 10.1 Å². The lowest BCUT2D eigenvalue weighted by atomic mass is 9.96. The molecule has 50 heavy (non-hydrogen) atoms. The third-order valence-corrected chi connectivity index (χ3v) is 12.3. The van der Waals surface area contributed by atoms with E-state index in [9.17, 15) is 14.7 Å². The molecule has 1 aliphatic carbocycles. The van der Waals surface area contributed by atoms with Gasteiger partial charge in [0.25, 0.3) is 5.91 Å². The summed E-state index contributed by atoms with van der Waals surface area (Å²) in [5.74, 6) is -1.59. The predicted octanol–water partition coefficient (Wildman–Crippen LogP) is 7.47. The van der Waals surface area contributed by atoms with Gasteiger partial charge in [0.2, 0.25) is 0 Å². The lowest BCUT2D eigenvalue weighted by Crippen LogP contribution is -2.27. The summed E-state index contributed by atoms with van der Waals surface area (Å²) >= 11 is 15.1. The SMILES string of the molecule is COc1c(CN2CCC(C(=O)O)C2)cc(Cl)c(SC2CCc3c(-c4cccc(NC(=O)c5nc6c(n5C)CCN(C)C6)c4Cl)cccc32)c1F. The number of carboxylic acid groups (broad SMARTS) is 1. The molecule has 9 nitrogen and oxygen atoms in total. The fraction of sp³-hybridized carbons (Fsp3) is 0.378. The molecule has 3 heterocycles. The zero-order chi connectivity index (χ0) is 35.3. The lowest BCUT2D eigenvalue weighted by molar-refractivity contribution is -0.141. The number of fused-ring (bicyclic) bond motifs is 2. The Bertz CT molecular complexity index is 2000. The first-order chi connectivity index (χ1) is 24.0. The number of ether oxygens (including phenoxy) is 1. The molecule has 2 aliphatic heterocycles. The minimum absolute atomic E-state index is 0.0578. The Morgan fingerprint density at radius 3 is 2.64 bits per heavy atom. The predicted molar refractivity (Wildman–Crippen MR) is 194 cm³/mol. The second-order valence-electron chi connectivity index (χ2n) is 13.3. The van der Waals surface area contributed by atoms with Crippen LogP contribution in [0.25, 0.3) is 11.1 Å². The number of rotatable bonds is 9. The molecule has 262 valence electrons. The molecule has 1 aromatic heterocycles. The molecule has 0 spiro atoms. The summed E-state index contributed by atoms with van der Waals surface area (Å²) in [4.78, 5) is 34.0. The number of thioether (sulfide) groups is 1. The minimum atomic E-state index is -0.816. The largest absolute Gasteiger partial charge is 0.493 e. The molecular formula is C37H38Cl2FN5O4S. The van der Waals surface area contributed by atoms with Gasteiger partial charge in [-0.15, -0.1) is 11.8 Å². The Balaban J connectivity index is 1.12. The van der Waals surface area contributed by atoms with Crippen LogP contribution in [0.1, 0.15) is 56.8 Å². The average molecular weight is 739 g/mol. The number of carbonyl (C=O) groups excluding carboxylic acids is 1. The van der Waals surface area contributed by atoms with E-state index < -0.39 is 17.7 Å². The Labute approximate surface area is 304 Å². The van der Waals surface area contributed by atoms with Crippen molar-refractivity contribution in [1.29, 1.82) is 0 Å². The summed E-state index contributed by atoms with van der Waals surface area (Å²) in [6.45, 7) is 2.99. The quantitative estimate of drug-likeness (QED) is 0.183. The second kappa shape index (κ2) is 14.2. The van der Waals surface area contributed by atoms with Crippen LogP contribution in [0.2, 0.25) is 10.0 Å². The van der Waals surface area contributed by atoms with Crippen molar-refractivity contribution in [3.8, 4) is 16.9 Å². The average Bonchev–Trinajstić information content (AvgIpc) is 3.81. The topological polar surface area (TPSA) is 99.9 Å². The van der Waals surface area contributed by atoms with Crippen molar-refractivity contribution in [3.63, 3.8) is 0 Å². The summed E-state index contributed by atoms with van der Waals surface area (Å²) in [5, 5.41) is 13.1. The molecule has 2 atom stereocenters. The molecular weight excluding hydrogens is 700 g/mol. The first-order valence-electron chi connectivity index (χ1n) is 16.7. The number of nitrogens with zero attached hydrogens (tertiary/aromatic N) is 4. The molecule has 4 aromatic rings. The molecule has 1 amide bonds. The minimum Gasteiger partial charge on any atom is -0.493 e. The molecule has 2 N–H and O–H groups in total. The third kappa shape index (κ3) is 6.50. The van der Waals surface area contributed by atoms with Crippen molar-refractivity contribution in [2.75, 3.05) is 39.1 Å². The molecule has 3 aromatic carbocycles. The highest BCUT2D eigenvalue weighted by Gasteiger charge is 2.32. The van der Waals surface area contributed by atoms with E-state index in [2.05, 4.69) is 21.3 Å². The van der Waals surface area contributed by atoms with Crippen LogP contribution in [0.15, 0.2) is 47.4 Å². The number of likely N-dealkylation sites (tertiary alicyclic amines) is 1. The van der Waals surface area contributed by atoms with Crippen LogP contribution in [-0.4, -0.2) is 70.1 Å². The third-order valence-electron chi connectivity index (χ3n) is 10.1. The van der Waals surface area contributed by atoms with Crippen LogP contribution in [-0.2, 0) is 37.8 Å². The molecule has 0 radical (unpaired) electrons. The summed E-state index contributed by atoms with van der Waals surface area (Å²) in [5.41, 5.74) is 7.07. The molecule has 7 rings (SSSR count). The Morgan fingerprint density at radius 2 is 1.88 bits per heavy atom. The first-order valence-corrected chi connectivity index (χ1v) is 18.3. The maximum atomic E-state index is 16.1. The van der Waals surface area contributed by atoms with Gasteiger partial charge in [-0.2, -0.15) is 0 Å². The summed E-state index contributed by atoms with van der Waals surface area (Å²) in [6, 6.07) is 13.4. The normalized spacial score (nSPS) is 19.0.